The van der Waals surface area contributed by atoms with Crippen molar-refractivity contribution in [3.8, 4) is 0 Å². The molecule has 30 heavy (non-hydrogen) atoms. The van der Waals surface area contributed by atoms with E-state index in [1.165, 1.54) is 21.0 Å². The van der Waals surface area contributed by atoms with Gasteiger partial charge in [0.1, 0.15) is 23.2 Å². The molecule has 5 atom stereocenters. The van der Waals surface area contributed by atoms with Gasteiger partial charge in [-0.1, -0.05) is 24.9 Å². The lowest BCUT2D eigenvalue weighted by Crippen LogP contribution is -2.51. The molecule has 0 aromatic carbocycles. The number of rotatable bonds is 13. The summed E-state index contributed by atoms with van der Waals surface area (Å²) in [6.07, 6.45) is 0.182. The quantitative estimate of drug-likeness (QED) is 0.163. The van der Waals surface area contributed by atoms with Gasteiger partial charge in [0.15, 0.2) is 0 Å². The van der Waals surface area contributed by atoms with E-state index in [1.807, 2.05) is 11.9 Å². The molecule has 1 rings (SSSR count). The Morgan fingerprint density at radius 3 is 2.70 bits per heavy atom. The van der Waals surface area contributed by atoms with Crippen LogP contribution in [0.5, 0.6) is 0 Å². The molecule has 13 heteroatoms. The van der Waals surface area contributed by atoms with Gasteiger partial charge in [-0.25, -0.2) is 9.88 Å². The molecule has 0 aliphatic rings. The van der Waals surface area contributed by atoms with Crippen molar-refractivity contribution in [3.05, 3.63) is 33.1 Å². The Bertz CT molecular complexity index is 828. The number of carbonyl (C=O) groups excluding carboxylic acids is 1. The van der Waals surface area contributed by atoms with Crippen LogP contribution in [0.2, 0.25) is 0 Å². The zero-order valence-electron chi connectivity index (χ0n) is 17.3. The Morgan fingerprint density at radius 1 is 1.47 bits per heavy atom. The number of nitrogens with zero attached hydrogens (tertiary/aromatic N) is 1. The smallest absolute Gasteiger partial charge is 0.329 e. The van der Waals surface area contributed by atoms with Crippen LogP contribution in [0.25, 0.3) is 0 Å². The van der Waals surface area contributed by atoms with Crippen LogP contribution < -0.4 is 16.3 Å². The summed E-state index contributed by atoms with van der Waals surface area (Å²) in [5.74, 6) is -0.556. The fraction of sp³-hybridized carbons (Fsp3) is 0.706. The number of unbranched alkanes of at least 4 members (excludes halogenated alkanes) is 1. The highest BCUT2D eigenvalue weighted by Gasteiger charge is 2.39. The first kappa shape index (κ1) is 26.5. The lowest BCUT2D eigenvalue weighted by molar-refractivity contribution is -0.145. The minimum Gasteiger partial charge on any atom is -0.465 e. The van der Waals surface area contributed by atoms with Gasteiger partial charge in [-0.05, 0) is 20.3 Å². The van der Waals surface area contributed by atoms with E-state index in [2.05, 4.69) is 5.09 Å². The fourth-order valence-electron chi connectivity index (χ4n) is 2.41. The number of carbonyl (C=O) groups is 1. The van der Waals surface area contributed by atoms with Gasteiger partial charge in [0, 0.05) is 19.4 Å². The van der Waals surface area contributed by atoms with E-state index in [-0.39, 0.29) is 13.2 Å². The van der Waals surface area contributed by atoms with Gasteiger partial charge in [0.2, 0.25) is 0 Å². The maximum absolute atomic E-state index is 12.1. The van der Waals surface area contributed by atoms with Crippen LogP contribution >= 0.6 is 19.8 Å². The third kappa shape index (κ3) is 7.64. The van der Waals surface area contributed by atoms with Crippen molar-refractivity contribution >= 4 is 25.7 Å². The number of H-pyrrole nitrogens is 1. The molecule has 0 bridgehead atoms. The zero-order chi connectivity index (χ0) is 22.9. The maximum Gasteiger partial charge on any atom is 0.329 e. The molecule has 0 amide bonds. The number of hydrogen-bond acceptors (Lipinski definition) is 8. The van der Waals surface area contributed by atoms with Gasteiger partial charge in [-0.2, -0.15) is 0 Å². The van der Waals surface area contributed by atoms with Gasteiger partial charge in [-0.3, -0.25) is 23.7 Å². The van der Waals surface area contributed by atoms with Crippen LogP contribution in [0.1, 0.15) is 33.6 Å². The SMILES string of the molecule is CCCCOC(=O)[C@@H](C)N[PH](=O)OC[C@@H](OC)[C@@H](O)[C@@](C)(Cl)n1ccc(=O)[nH]c1=O. The molecule has 0 spiro atoms. The van der Waals surface area contributed by atoms with E-state index in [0.717, 1.165) is 29.7 Å². The van der Waals surface area contributed by atoms with Gasteiger partial charge >= 0.3 is 11.7 Å². The number of hydrogen-bond donors (Lipinski definition) is 3. The lowest BCUT2D eigenvalue weighted by Gasteiger charge is -2.34. The molecule has 11 nitrogen and oxygen atoms in total. The summed E-state index contributed by atoms with van der Waals surface area (Å²) in [5, 5.41) is 13.1. The van der Waals surface area contributed by atoms with Crippen LogP contribution in [-0.2, 0) is 28.4 Å². The summed E-state index contributed by atoms with van der Waals surface area (Å²) in [4.78, 5) is 35.4. The van der Waals surface area contributed by atoms with E-state index < -0.39 is 48.6 Å². The molecule has 172 valence electrons. The number of ether oxygens (including phenoxy) is 2. The molecule has 1 aromatic rings. The molecule has 1 aromatic heterocycles. The third-order valence-corrected chi connectivity index (χ3v) is 5.80. The Hall–Kier alpha value is -1.49. The maximum atomic E-state index is 12.1. The van der Waals surface area contributed by atoms with Crippen LogP contribution in [0, 0.1) is 0 Å². The first-order valence-corrected chi connectivity index (χ1v) is 11.1. The molecule has 0 aliphatic carbocycles. The number of aliphatic hydroxyl groups excluding tert-OH is 1. The molecule has 1 unspecified atom stereocenters. The summed E-state index contributed by atoms with van der Waals surface area (Å²) < 4.78 is 28.4. The summed E-state index contributed by atoms with van der Waals surface area (Å²) >= 11 is 6.35. The molecular weight excluding hydrogens is 441 g/mol. The molecular formula is C17H29ClN3O8P. The summed E-state index contributed by atoms with van der Waals surface area (Å²) in [7, 11) is -1.60. The summed E-state index contributed by atoms with van der Waals surface area (Å²) in [6.45, 7) is 4.73. The van der Waals surface area contributed by atoms with E-state index >= 15 is 0 Å². The first-order chi connectivity index (χ1) is 14.0. The largest absolute Gasteiger partial charge is 0.465 e. The Balaban J connectivity index is 2.70. The molecule has 0 aliphatic heterocycles. The van der Waals surface area contributed by atoms with Crippen LogP contribution in [0.3, 0.4) is 0 Å². The Morgan fingerprint density at radius 2 is 2.13 bits per heavy atom. The zero-order valence-corrected chi connectivity index (χ0v) is 19.1. The monoisotopic (exact) mass is 469 g/mol. The van der Waals surface area contributed by atoms with Gasteiger partial charge in [0.05, 0.1) is 13.2 Å². The number of alkyl halides is 1. The van der Waals surface area contributed by atoms with Crippen LogP contribution in [0.15, 0.2) is 21.9 Å². The van der Waals surface area contributed by atoms with Crippen molar-refractivity contribution in [2.75, 3.05) is 20.3 Å². The normalized spacial score (nSPS) is 17.5. The molecule has 0 saturated heterocycles. The number of halogens is 1. The number of nitrogens with one attached hydrogen (secondary N) is 2. The number of aromatic nitrogens is 2. The number of methoxy groups -OCH3 is 1. The van der Waals surface area contributed by atoms with E-state index in [4.69, 9.17) is 25.6 Å². The van der Waals surface area contributed by atoms with Crippen LogP contribution in [0.4, 0.5) is 0 Å². The van der Waals surface area contributed by atoms with Crippen molar-refractivity contribution in [2.45, 2.75) is 56.9 Å². The average Bonchev–Trinajstić information content (AvgIpc) is 2.67. The minimum absolute atomic E-state index is 0.277. The Kier molecular flexibility index (Phi) is 11.0. The number of aromatic amines is 1. The van der Waals surface area contributed by atoms with Gasteiger partial charge in [0.25, 0.3) is 13.7 Å². The average molecular weight is 470 g/mol. The van der Waals surface area contributed by atoms with Crippen LogP contribution in [-0.4, -0.2) is 59.2 Å². The Labute approximate surface area is 179 Å². The number of esters is 1. The van der Waals surface area contributed by atoms with Gasteiger partial charge < -0.3 is 19.1 Å². The highest BCUT2D eigenvalue weighted by Crippen LogP contribution is 2.29. The molecule has 1 heterocycles. The second-order valence-electron chi connectivity index (χ2n) is 6.71. The van der Waals surface area contributed by atoms with Crippen molar-refractivity contribution < 1.29 is 28.5 Å². The number of aliphatic hydroxyl groups is 1. The highest BCUT2D eigenvalue weighted by molar-refractivity contribution is 7.36. The van der Waals surface area contributed by atoms with Crippen molar-refractivity contribution in [1.82, 2.24) is 14.6 Å². The van der Waals surface area contributed by atoms with E-state index in [0.29, 0.717) is 0 Å². The predicted molar refractivity (Wildman–Crippen MR) is 111 cm³/mol. The standard InChI is InChI=1S/C17H29ClN3O8P/c1-5-6-9-28-15(24)11(2)20-30(26)29-10-12(27-4)14(23)17(3,18)21-8-7-13(22)19-16(21)25/h7-8,11-12,14,23,30H,5-6,9-10H2,1-4H3,(H,20,26)(H,19,22,25)/t11-,12-,14-,17+/m1/s1. The fourth-order valence-corrected chi connectivity index (χ4v) is 3.55. The van der Waals surface area contributed by atoms with Crippen molar-refractivity contribution in [3.63, 3.8) is 0 Å². The van der Waals surface area contributed by atoms with Crippen molar-refractivity contribution in [2.24, 2.45) is 0 Å². The van der Waals surface area contributed by atoms with Crippen molar-refractivity contribution in [1.29, 1.82) is 0 Å². The third-order valence-electron chi connectivity index (χ3n) is 4.30. The van der Waals surface area contributed by atoms with E-state index in [9.17, 15) is 24.1 Å². The topological polar surface area (TPSA) is 149 Å². The molecule has 0 radical (unpaired) electrons. The summed E-state index contributed by atoms with van der Waals surface area (Å²) in [5.41, 5.74) is -1.43. The predicted octanol–water partition coefficient (Wildman–Crippen LogP) is 0.552. The van der Waals surface area contributed by atoms with E-state index in [1.54, 1.807) is 0 Å². The highest BCUT2D eigenvalue weighted by atomic mass is 35.5. The van der Waals surface area contributed by atoms with Gasteiger partial charge in [-0.15, -0.1) is 0 Å². The molecule has 3 N–H and O–H groups in total. The lowest BCUT2D eigenvalue weighted by atomic mass is 10.1. The second kappa shape index (κ2) is 12.4. The molecule has 0 saturated carbocycles. The first-order valence-electron chi connectivity index (χ1n) is 9.36. The summed E-state index contributed by atoms with van der Waals surface area (Å²) in [6, 6.07) is 0.230. The second-order valence-corrected chi connectivity index (χ2v) is 8.63. The minimum atomic E-state index is -2.87. The molecule has 0 fully saturated rings.